The number of fused-ring (bicyclic) bond motifs is 2. The summed E-state index contributed by atoms with van der Waals surface area (Å²) in [6.45, 7) is 0. The van der Waals surface area contributed by atoms with E-state index in [0.717, 1.165) is 16.7 Å². The molecule has 98 valence electrons. The van der Waals surface area contributed by atoms with Crippen molar-refractivity contribution in [3.05, 3.63) is 72.3 Å². The van der Waals surface area contributed by atoms with Gasteiger partial charge in [-0.05, 0) is 35.7 Å². The maximum absolute atomic E-state index is 5.12. The molecule has 0 spiro atoms. The Labute approximate surface area is 121 Å². The molecule has 0 bridgehead atoms. The van der Waals surface area contributed by atoms with Gasteiger partial charge in [0.1, 0.15) is 5.58 Å². The van der Waals surface area contributed by atoms with Crippen LogP contribution in [-0.4, -0.2) is 6.21 Å². The van der Waals surface area contributed by atoms with E-state index >= 15 is 0 Å². The topological polar surface area (TPSA) is 25.5 Å². The summed E-state index contributed by atoms with van der Waals surface area (Å²) in [5.41, 5.74) is 2.01. The molecule has 4 rings (SSSR count). The minimum atomic E-state index is 0.956. The molecule has 0 atom stereocenters. The van der Waals surface area contributed by atoms with E-state index in [1.165, 1.54) is 4.90 Å². The first-order valence-corrected chi connectivity index (χ1v) is 7.18. The molecule has 1 aliphatic heterocycles. The quantitative estimate of drug-likeness (QED) is 0.547. The molecule has 0 N–H and O–H groups in total. The molecule has 20 heavy (non-hydrogen) atoms. The predicted octanol–water partition coefficient (Wildman–Crippen LogP) is 5.44. The van der Waals surface area contributed by atoms with Gasteiger partial charge in [-0.3, -0.25) is 4.99 Å². The number of allylic oxidation sites excluding steroid dienone is 1. The number of furan rings is 1. The lowest BCUT2D eigenvalue weighted by Gasteiger charge is -1.97. The Balaban J connectivity index is 0.000000123. The van der Waals surface area contributed by atoms with Crippen molar-refractivity contribution in [2.24, 2.45) is 4.99 Å². The highest BCUT2D eigenvalue weighted by molar-refractivity contribution is 8.02. The zero-order valence-corrected chi connectivity index (χ0v) is 11.6. The number of thioether (sulfide) groups is 1. The number of aliphatic imine (C=N–C) groups is 1. The molecule has 0 saturated heterocycles. The Morgan fingerprint density at radius 1 is 0.900 bits per heavy atom. The fourth-order valence-electron chi connectivity index (χ4n) is 1.84. The summed E-state index contributed by atoms with van der Waals surface area (Å²) in [7, 11) is 0. The fraction of sp³-hybridized carbons (Fsp3) is 0. The zero-order valence-electron chi connectivity index (χ0n) is 10.8. The summed E-state index contributed by atoms with van der Waals surface area (Å²) < 4.78 is 5.12. The Hall–Kier alpha value is -2.26. The summed E-state index contributed by atoms with van der Waals surface area (Å²) in [5.74, 6) is 0. The Morgan fingerprint density at radius 3 is 2.70 bits per heavy atom. The van der Waals surface area contributed by atoms with E-state index in [4.69, 9.17) is 4.42 Å². The lowest BCUT2D eigenvalue weighted by molar-refractivity contribution is 0.616. The molecular weight excluding hydrogens is 266 g/mol. The first-order valence-electron chi connectivity index (χ1n) is 6.30. The van der Waals surface area contributed by atoms with Crippen LogP contribution in [0.4, 0.5) is 5.69 Å². The van der Waals surface area contributed by atoms with Crippen molar-refractivity contribution in [3.8, 4) is 0 Å². The van der Waals surface area contributed by atoms with Crippen molar-refractivity contribution < 1.29 is 4.42 Å². The minimum absolute atomic E-state index is 0.956. The van der Waals surface area contributed by atoms with E-state index in [1.807, 2.05) is 66.2 Å². The van der Waals surface area contributed by atoms with E-state index in [1.54, 1.807) is 18.0 Å². The number of para-hydroxylation sites is 2. The molecule has 0 aliphatic carbocycles. The van der Waals surface area contributed by atoms with Crippen molar-refractivity contribution in [1.29, 1.82) is 0 Å². The summed E-state index contributed by atoms with van der Waals surface area (Å²) in [6.07, 6.45) is 5.47. The molecule has 0 unspecified atom stereocenters. The number of rotatable bonds is 0. The molecule has 3 aromatic rings. The van der Waals surface area contributed by atoms with Gasteiger partial charge in [0.05, 0.1) is 12.0 Å². The molecule has 0 saturated carbocycles. The standard InChI is InChI=1S/C9H7NS.C8H6O/c1-2-5-9-8(4-1)10-6-3-7-11-9;1-2-4-8-7(3-1)5-6-9-8/h1-7H;1-6H. The number of benzene rings is 2. The average molecular weight is 279 g/mol. The van der Waals surface area contributed by atoms with Crippen LogP contribution in [0.3, 0.4) is 0 Å². The van der Waals surface area contributed by atoms with Crippen LogP contribution in [0.15, 0.2) is 86.6 Å². The third-order valence-corrected chi connectivity index (χ3v) is 3.69. The largest absolute Gasteiger partial charge is 0.464 e. The smallest absolute Gasteiger partial charge is 0.133 e. The van der Waals surface area contributed by atoms with Crippen LogP contribution in [0, 0.1) is 0 Å². The molecule has 0 radical (unpaired) electrons. The van der Waals surface area contributed by atoms with E-state index < -0.39 is 0 Å². The second-order valence-electron chi connectivity index (χ2n) is 4.15. The van der Waals surface area contributed by atoms with Gasteiger partial charge in [0.25, 0.3) is 0 Å². The highest BCUT2D eigenvalue weighted by Gasteiger charge is 1.98. The van der Waals surface area contributed by atoms with Gasteiger partial charge in [-0.25, -0.2) is 0 Å². The number of nitrogens with zero attached hydrogens (tertiary/aromatic N) is 1. The molecule has 2 nitrogen and oxygen atoms in total. The van der Waals surface area contributed by atoms with Crippen LogP contribution in [0.1, 0.15) is 0 Å². The SMILES string of the molecule is C1=CSc2ccccc2N=C1.c1ccc2occc2c1. The lowest BCUT2D eigenvalue weighted by atomic mass is 10.3. The molecule has 2 aromatic carbocycles. The maximum atomic E-state index is 5.12. The van der Waals surface area contributed by atoms with Gasteiger partial charge in [0.2, 0.25) is 0 Å². The Bertz CT molecular complexity index is 728. The third-order valence-electron chi connectivity index (χ3n) is 2.80. The monoisotopic (exact) mass is 279 g/mol. The van der Waals surface area contributed by atoms with Crippen LogP contribution in [-0.2, 0) is 0 Å². The van der Waals surface area contributed by atoms with Gasteiger partial charge in [0, 0.05) is 16.5 Å². The first kappa shape index (κ1) is 12.8. The summed E-state index contributed by atoms with van der Waals surface area (Å²) >= 11 is 1.70. The van der Waals surface area contributed by atoms with E-state index in [2.05, 4.69) is 11.1 Å². The zero-order chi connectivity index (χ0) is 13.6. The Morgan fingerprint density at radius 2 is 1.75 bits per heavy atom. The minimum Gasteiger partial charge on any atom is -0.464 e. The van der Waals surface area contributed by atoms with Crippen LogP contribution >= 0.6 is 11.8 Å². The van der Waals surface area contributed by atoms with Crippen LogP contribution in [0.25, 0.3) is 11.0 Å². The van der Waals surface area contributed by atoms with Crippen molar-refractivity contribution in [1.82, 2.24) is 0 Å². The number of hydrogen-bond acceptors (Lipinski definition) is 3. The van der Waals surface area contributed by atoms with Crippen molar-refractivity contribution in [3.63, 3.8) is 0 Å². The van der Waals surface area contributed by atoms with Gasteiger partial charge < -0.3 is 4.42 Å². The van der Waals surface area contributed by atoms with E-state index in [0.29, 0.717) is 0 Å². The summed E-state index contributed by atoms with van der Waals surface area (Å²) in [5, 5.41) is 3.20. The molecule has 3 heteroatoms. The summed E-state index contributed by atoms with van der Waals surface area (Å²) in [4.78, 5) is 5.47. The molecule has 1 aliphatic rings. The van der Waals surface area contributed by atoms with Gasteiger partial charge in [-0.15, -0.1) is 0 Å². The average Bonchev–Trinajstić information content (AvgIpc) is 2.85. The van der Waals surface area contributed by atoms with E-state index in [-0.39, 0.29) is 0 Å². The van der Waals surface area contributed by atoms with Gasteiger partial charge in [-0.2, -0.15) is 0 Å². The highest BCUT2D eigenvalue weighted by atomic mass is 32.2. The molecule has 0 amide bonds. The number of hydrogen-bond donors (Lipinski definition) is 0. The fourth-order valence-corrected chi connectivity index (χ4v) is 2.53. The maximum Gasteiger partial charge on any atom is 0.133 e. The van der Waals surface area contributed by atoms with Crippen LogP contribution in [0.2, 0.25) is 0 Å². The highest BCUT2D eigenvalue weighted by Crippen LogP contribution is 2.30. The molecular formula is C17H13NOS. The molecule has 0 fully saturated rings. The summed E-state index contributed by atoms with van der Waals surface area (Å²) in [6, 6.07) is 18.0. The predicted molar refractivity (Wildman–Crippen MR) is 85.8 cm³/mol. The molecule has 1 aromatic heterocycles. The van der Waals surface area contributed by atoms with Crippen LogP contribution in [0.5, 0.6) is 0 Å². The first-order chi connectivity index (χ1) is 9.93. The third kappa shape index (κ3) is 3.00. The normalized spacial score (nSPS) is 12.4. The second-order valence-corrected chi connectivity index (χ2v) is 5.10. The van der Waals surface area contributed by atoms with Crippen molar-refractivity contribution >= 4 is 34.6 Å². The van der Waals surface area contributed by atoms with E-state index in [9.17, 15) is 0 Å². The lowest BCUT2D eigenvalue weighted by Crippen LogP contribution is -1.68. The van der Waals surface area contributed by atoms with Crippen molar-refractivity contribution in [2.45, 2.75) is 4.90 Å². The van der Waals surface area contributed by atoms with Gasteiger partial charge in [0.15, 0.2) is 0 Å². The van der Waals surface area contributed by atoms with Crippen LogP contribution < -0.4 is 0 Å². The second kappa shape index (κ2) is 6.26. The molecule has 2 heterocycles. The van der Waals surface area contributed by atoms with Crippen molar-refractivity contribution in [2.75, 3.05) is 0 Å². The Kier molecular flexibility index (Phi) is 3.99. The van der Waals surface area contributed by atoms with Gasteiger partial charge in [-0.1, -0.05) is 42.1 Å². The van der Waals surface area contributed by atoms with Gasteiger partial charge >= 0.3 is 0 Å².